The summed E-state index contributed by atoms with van der Waals surface area (Å²) in [6, 6.07) is 13.3. The van der Waals surface area contributed by atoms with Crippen LogP contribution in [-0.2, 0) is 7.05 Å². The number of fused-ring (bicyclic) bond motifs is 1. The Morgan fingerprint density at radius 2 is 1.79 bits per heavy atom. The van der Waals surface area contributed by atoms with Crippen LogP contribution in [0.5, 0.6) is 17.2 Å². The lowest BCUT2D eigenvalue weighted by molar-refractivity contribution is 0.0975. The number of halogens is 1. The number of benzene rings is 2. The van der Waals surface area contributed by atoms with Crippen molar-refractivity contribution < 1.29 is 19.0 Å². The number of aromatic nitrogens is 1. The molecule has 0 N–H and O–H groups in total. The molecule has 1 heterocycles. The van der Waals surface area contributed by atoms with Crippen LogP contribution in [0.25, 0.3) is 10.9 Å². The highest BCUT2D eigenvalue weighted by Crippen LogP contribution is 2.45. The summed E-state index contributed by atoms with van der Waals surface area (Å²) in [4.78, 5) is 13.3. The largest absolute Gasteiger partial charge is 0.493 e. The molecule has 28 heavy (non-hydrogen) atoms. The van der Waals surface area contributed by atoms with Crippen molar-refractivity contribution in [3.05, 3.63) is 52.1 Å². The molecule has 0 fully saturated rings. The summed E-state index contributed by atoms with van der Waals surface area (Å²) < 4.78 is 18.4. The maximum absolute atomic E-state index is 13.3. The highest BCUT2D eigenvalue weighted by Gasteiger charge is 2.30. The molecule has 1 unspecified atom stereocenters. The summed E-state index contributed by atoms with van der Waals surface area (Å²) in [5.41, 5.74) is 1.86. The van der Waals surface area contributed by atoms with Crippen LogP contribution in [0.2, 0.25) is 0 Å². The third kappa shape index (κ3) is 3.10. The van der Waals surface area contributed by atoms with Crippen LogP contribution in [-0.4, -0.2) is 31.7 Å². The maximum atomic E-state index is 13.3. The van der Waals surface area contributed by atoms with E-state index in [4.69, 9.17) is 14.2 Å². The molecule has 0 aliphatic heterocycles. The first kappa shape index (κ1) is 19.8. The molecule has 3 rings (SSSR count). The van der Waals surface area contributed by atoms with Gasteiger partial charge in [-0.1, -0.05) is 18.2 Å². The minimum absolute atomic E-state index is 0.284. The van der Waals surface area contributed by atoms with Crippen LogP contribution >= 0.6 is 15.9 Å². The van der Waals surface area contributed by atoms with Gasteiger partial charge in [-0.25, -0.2) is 0 Å². The monoisotopic (exact) mass is 442 g/mol. The van der Waals surface area contributed by atoms with Crippen molar-refractivity contribution in [3.8, 4) is 23.3 Å². The first-order valence-electron chi connectivity index (χ1n) is 8.45. The standard InChI is InChI=1S/C21H19BrN2O4/c1-24-15-8-6-5-7-12(15)9-16(24)14(11-23)19(25)13-10-17(26-2)20(27-3)21(28-4)18(13)22/h5-10,14H,1-4H3. The fourth-order valence-corrected chi connectivity index (χ4v) is 3.95. The molecule has 1 atom stereocenters. The number of Topliss-reactive ketones (excluding diaryl/α,β-unsaturated/α-hetero) is 1. The highest BCUT2D eigenvalue weighted by atomic mass is 79.9. The Labute approximate surface area is 171 Å². The zero-order valence-corrected chi connectivity index (χ0v) is 17.5. The lowest BCUT2D eigenvalue weighted by atomic mass is 9.95. The number of ketones is 1. The summed E-state index contributed by atoms with van der Waals surface area (Å²) in [6.45, 7) is 0. The maximum Gasteiger partial charge on any atom is 0.204 e. The van der Waals surface area contributed by atoms with Gasteiger partial charge in [-0.15, -0.1) is 0 Å². The second-order valence-electron chi connectivity index (χ2n) is 6.12. The molecule has 6 nitrogen and oxygen atoms in total. The van der Waals surface area contributed by atoms with Crippen molar-refractivity contribution in [2.24, 2.45) is 7.05 Å². The molecule has 1 aromatic heterocycles. The molecule has 7 heteroatoms. The molecule has 0 aliphatic rings. The Morgan fingerprint density at radius 3 is 2.36 bits per heavy atom. The van der Waals surface area contributed by atoms with Gasteiger partial charge in [0.1, 0.15) is 5.92 Å². The van der Waals surface area contributed by atoms with E-state index in [1.165, 1.54) is 21.3 Å². The Balaban J connectivity index is 2.16. The molecule has 0 radical (unpaired) electrons. The molecule has 0 amide bonds. The summed E-state index contributed by atoms with van der Waals surface area (Å²) in [6.07, 6.45) is 0. The van der Waals surface area contributed by atoms with E-state index in [0.29, 0.717) is 27.4 Å². The molecule has 0 aliphatic carbocycles. The number of para-hydroxylation sites is 1. The molecule has 3 aromatic rings. The van der Waals surface area contributed by atoms with E-state index in [-0.39, 0.29) is 11.3 Å². The number of hydrogen-bond acceptors (Lipinski definition) is 5. The lowest BCUT2D eigenvalue weighted by Gasteiger charge is -2.17. The first-order chi connectivity index (χ1) is 13.5. The smallest absolute Gasteiger partial charge is 0.204 e. The van der Waals surface area contributed by atoms with Gasteiger partial charge in [0, 0.05) is 23.8 Å². The Kier molecular flexibility index (Phi) is 5.61. The normalized spacial score (nSPS) is 11.7. The van der Waals surface area contributed by atoms with Crippen molar-refractivity contribution in [2.75, 3.05) is 21.3 Å². The van der Waals surface area contributed by atoms with E-state index in [9.17, 15) is 10.1 Å². The van der Waals surface area contributed by atoms with E-state index in [1.807, 2.05) is 41.9 Å². The van der Waals surface area contributed by atoms with Gasteiger partial charge in [-0.3, -0.25) is 4.79 Å². The predicted molar refractivity (Wildman–Crippen MR) is 109 cm³/mol. The predicted octanol–water partition coefficient (Wildman–Crippen LogP) is 4.46. The van der Waals surface area contributed by atoms with Gasteiger partial charge in [0.05, 0.1) is 31.9 Å². The van der Waals surface area contributed by atoms with Crippen LogP contribution in [0.4, 0.5) is 0 Å². The molecule has 144 valence electrons. The second kappa shape index (κ2) is 7.95. The van der Waals surface area contributed by atoms with Gasteiger partial charge in [-0.2, -0.15) is 5.26 Å². The van der Waals surface area contributed by atoms with E-state index < -0.39 is 5.92 Å². The molecule has 2 aromatic carbocycles. The molecular formula is C21H19BrN2O4. The molecule has 0 saturated heterocycles. The van der Waals surface area contributed by atoms with Crippen LogP contribution in [0, 0.1) is 11.3 Å². The van der Waals surface area contributed by atoms with Crippen molar-refractivity contribution in [1.82, 2.24) is 4.57 Å². The van der Waals surface area contributed by atoms with Crippen LogP contribution in [0.3, 0.4) is 0 Å². The fraction of sp³-hybridized carbons (Fsp3) is 0.238. The minimum Gasteiger partial charge on any atom is -0.493 e. The van der Waals surface area contributed by atoms with Crippen LogP contribution in [0.15, 0.2) is 40.9 Å². The number of nitriles is 1. The Morgan fingerprint density at radius 1 is 1.11 bits per heavy atom. The van der Waals surface area contributed by atoms with E-state index >= 15 is 0 Å². The zero-order valence-electron chi connectivity index (χ0n) is 15.9. The van der Waals surface area contributed by atoms with Gasteiger partial charge >= 0.3 is 0 Å². The van der Waals surface area contributed by atoms with Crippen LogP contribution < -0.4 is 14.2 Å². The molecular weight excluding hydrogens is 424 g/mol. The topological polar surface area (TPSA) is 73.5 Å². The van der Waals surface area contributed by atoms with E-state index in [2.05, 4.69) is 22.0 Å². The number of methoxy groups -OCH3 is 3. The van der Waals surface area contributed by atoms with Gasteiger partial charge < -0.3 is 18.8 Å². The number of aryl methyl sites for hydroxylation is 1. The molecule has 0 saturated carbocycles. The number of hydrogen-bond donors (Lipinski definition) is 0. The molecule has 0 bridgehead atoms. The average Bonchev–Trinajstić information content (AvgIpc) is 3.04. The third-order valence-electron chi connectivity index (χ3n) is 4.71. The summed E-state index contributed by atoms with van der Waals surface area (Å²) in [5.74, 6) is -0.304. The number of nitrogens with zero attached hydrogens (tertiary/aromatic N) is 2. The Bertz CT molecular complexity index is 1100. The fourth-order valence-electron chi connectivity index (χ4n) is 3.30. The van der Waals surface area contributed by atoms with Crippen molar-refractivity contribution in [1.29, 1.82) is 5.26 Å². The summed E-state index contributed by atoms with van der Waals surface area (Å²) in [5, 5.41) is 10.8. The first-order valence-corrected chi connectivity index (χ1v) is 9.24. The highest BCUT2D eigenvalue weighted by molar-refractivity contribution is 9.10. The van der Waals surface area contributed by atoms with Crippen molar-refractivity contribution >= 4 is 32.6 Å². The van der Waals surface area contributed by atoms with Gasteiger partial charge in [0.2, 0.25) is 5.75 Å². The zero-order chi connectivity index (χ0) is 20.4. The van der Waals surface area contributed by atoms with Crippen molar-refractivity contribution in [3.63, 3.8) is 0 Å². The summed E-state index contributed by atoms with van der Waals surface area (Å²) in [7, 11) is 6.29. The average molecular weight is 443 g/mol. The SMILES string of the molecule is COc1cc(C(=O)C(C#N)c2cc3ccccc3n2C)c(Br)c(OC)c1OC. The van der Waals surface area contributed by atoms with E-state index in [0.717, 1.165) is 10.9 Å². The third-order valence-corrected chi connectivity index (χ3v) is 5.50. The number of rotatable bonds is 6. The number of ether oxygens (including phenoxy) is 3. The quantitative estimate of drug-likeness (QED) is 0.526. The van der Waals surface area contributed by atoms with Gasteiger partial charge in [0.25, 0.3) is 0 Å². The minimum atomic E-state index is -0.989. The van der Waals surface area contributed by atoms with Gasteiger partial charge in [0.15, 0.2) is 17.3 Å². The second-order valence-corrected chi connectivity index (χ2v) is 6.91. The van der Waals surface area contributed by atoms with Crippen molar-refractivity contribution in [2.45, 2.75) is 5.92 Å². The summed E-state index contributed by atoms with van der Waals surface area (Å²) >= 11 is 3.42. The van der Waals surface area contributed by atoms with Gasteiger partial charge in [-0.05, 0) is 39.5 Å². The number of carbonyl (C=O) groups excluding carboxylic acids is 1. The Hall–Kier alpha value is -2.98. The number of carbonyl (C=O) groups is 1. The van der Waals surface area contributed by atoms with E-state index in [1.54, 1.807) is 6.07 Å². The molecule has 0 spiro atoms. The van der Waals surface area contributed by atoms with Crippen LogP contribution in [0.1, 0.15) is 22.0 Å². The lowest BCUT2D eigenvalue weighted by Crippen LogP contribution is -2.15.